The van der Waals surface area contributed by atoms with E-state index in [1.165, 1.54) is 18.2 Å². The van der Waals surface area contributed by atoms with Crippen LogP contribution in [0, 0.1) is 0 Å². The van der Waals surface area contributed by atoms with Crippen molar-refractivity contribution in [1.82, 2.24) is 4.90 Å². The van der Waals surface area contributed by atoms with Crippen LogP contribution in [0.2, 0.25) is 0 Å². The second-order valence-electron chi connectivity index (χ2n) is 7.04. The molecular weight excluding hydrogens is 408 g/mol. The zero-order chi connectivity index (χ0) is 22.9. The molecule has 0 saturated carbocycles. The molecule has 0 spiro atoms. The van der Waals surface area contributed by atoms with Crippen LogP contribution in [0.1, 0.15) is 28.4 Å². The number of ether oxygens (including phenoxy) is 1. The Labute approximate surface area is 186 Å². The van der Waals surface area contributed by atoms with Gasteiger partial charge in [0.05, 0.1) is 12.3 Å². The van der Waals surface area contributed by atoms with Gasteiger partial charge in [-0.2, -0.15) is 0 Å². The van der Waals surface area contributed by atoms with Crippen LogP contribution < -0.4 is 5.32 Å². The number of carbonyl (C=O) groups is 3. The predicted octanol–water partition coefficient (Wildman–Crippen LogP) is 3.74. The molecule has 0 atom stereocenters. The third kappa shape index (κ3) is 5.95. The van der Waals surface area contributed by atoms with Crippen LogP contribution in [-0.2, 0) is 27.4 Å². The summed E-state index contributed by atoms with van der Waals surface area (Å²) in [6.07, 6.45) is 0. The monoisotopic (exact) mass is 432 g/mol. The van der Waals surface area contributed by atoms with Crippen molar-refractivity contribution in [2.24, 2.45) is 0 Å². The second kappa shape index (κ2) is 10.8. The summed E-state index contributed by atoms with van der Waals surface area (Å²) < 4.78 is 4.66. The molecule has 0 heterocycles. The van der Waals surface area contributed by atoms with E-state index < -0.39 is 11.9 Å². The number of nitrogens with one attached hydrogen (secondary N) is 1. The van der Waals surface area contributed by atoms with Crippen molar-refractivity contribution in [1.29, 1.82) is 0 Å². The van der Waals surface area contributed by atoms with Crippen LogP contribution in [0.3, 0.4) is 0 Å². The average Bonchev–Trinajstić information content (AvgIpc) is 2.81. The van der Waals surface area contributed by atoms with Gasteiger partial charge >= 0.3 is 11.9 Å². The molecule has 0 aliphatic carbocycles. The molecule has 0 radical (unpaired) electrons. The topological polar surface area (TPSA) is 95.9 Å². The summed E-state index contributed by atoms with van der Waals surface area (Å²) in [5.41, 5.74) is 2.14. The molecule has 32 heavy (non-hydrogen) atoms. The van der Waals surface area contributed by atoms with Crippen LogP contribution in [0.4, 0.5) is 5.69 Å². The number of rotatable bonds is 7. The minimum Gasteiger partial charge on any atom is -0.506 e. The van der Waals surface area contributed by atoms with E-state index in [0.717, 1.165) is 11.1 Å². The molecule has 3 rings (SSSR count). The molecule has 0 aromatic heterocycles. The van der Waals surface area contributed by atoms with Gasteiger partial charge in [0.2, 0.25) is 0 Å². The van der Waals surface area contributed by atoms with Crippen molar-refractivity contribution in [3.63, 3.8) is 0 Å². The molecule has 7 heteroatoms. The molecule has 2 N–H and O–H groups in total. The minimum atomic E-state index is -1.07. The number of anilines is 1. The zero-order valence-corrected chi connectivity index (χ0v) is 17.7. The van der Waals surface area contributed by atoms with Gasteiger partial charge in [-0.15, -0.1) is 0 Å². The fraction of sp³-hybridized carbons (Fsp3) is 0.160. The molecular formula is C25H24N2O5. The van der Waals surface area contributed by atoms with E-state index >= 15 is 0 Å². The SMILES string of the molecule is CCOC(=O)C(=O)Nc1cc(C(=O)N(Cc2ccccc2)Cc2ccccc2)ccc1O. The van der Waals surface area contributed by atoms with Gasteiger partial charge in [0.1, 0.15) is 5.75 Å². The predicted molar refractivity (Wildman–Crippen MR) is 120 cm³/mol. The fourth-order valence-corrected chi connectivity index (χ4v) is 3.13. The smallest absolute Gasteiger partial charge is 0.397 e. The van der Waals surface area contributed by atoms with Gasteiger partial charge in [-0.05, 0) is 36.2 Å². The number of hydrogen-bond acceptors (Lipinski definition) is 5. The summed E-state index contributed by atoms with van der Waals surface area (Å²) in [4.78, 5) is 38.6. The number of amides is 2. The van der Waals surface area contributed by atoms with Crippen LogP contribution in [-0.4, -0.2) is 34.4 Å². The molecule has 0 aliphatic rings. The van der Waals surface area contributed by atoms with Crippen molar-refractivity contribution in [3.8, 4) is 5.75 Å². The molecule has 0 aliphatic heterocycles. The Balaban J connectivity index is 1.86. The number of benzene rings is 3. The first-order valence-corrected chi connectivity index (χ1v) is 10.2. The number of phenolic OH excluding ortho intramolecular Hbond substituents is 1. The van der Waals surface area contributed by atoms with E-state index in [0.29, 0.717) is 13.1 Å². The Kier molecular flexibility index (Phi) is 7.59. The normalized spacial score (nSPS) is 10.3. The minimum absolute atomic E-state index is 0.0463. The van der Waals surface area contributed by atoms with Crippen molar-refractivity contribution >= 4 is 23.5 Å². The highest BCUT2D eigenvalue weighted by atomic mass is 16.5. The van der Waals surface area contributed by atoms with Crippen LogP contribution >= 0.6 is 0 Å². The van der Waals surface area contributed by atoms with Crippen LogP contribution in [0.5, 0.6) is 5.75 Å². The summed E-state index contributed by atoms with van der Waals surface area (Å²) >= 11 is 0. The Morgan fingerprint density at radius 2 is 1.44 bits per heavy atom. The number of esters is 1. The van der Waals surface area contributed by atoms with Crippen molar-refractivity contribution < 1.29 is 24.2 Å². The summed E-state index contributed by atoms with van der Waals surface area (Å²) in [7, 11) is 0. The number of hydrogen-bond donors (Lipinski definition) is 2. The Morgan fingerprint density at radius 1 is 0.875 bits per heavy atom. The van der Waals surface area contributed by atoms with E-state index in [1.54, 1.807) is 11.8 Å². The Morgan fingerprint density at radius 3 is 1.97 bits per heavy atom. The van der Waals surface area contributed by atoms with Crippen LogP contribution in [0.25, 0.3) is 0 Å². The van der Waals surface area contributed by atoms with Gasteiger partial charge in [-0.1, -0.05) is 60.7 Å². The third-order valence-corrected chi connectivity index (χ3v) is 4.67. The molecule has 3 aromatic rings. The zero-order valence-electron chi connectivity index (χ0n) is 17.7. The average molecular weight is 432 g/mol. The van der Waals surface area contributed by atoms with E-state index in [-0.39, 0.29) is 29.5 Å². The highest BCUT2D eigenvalue weighted by molar-refractivity contribution is 6.37. The highest BCUT2D eigenvalue weighted by Gasteiger charge is 2.21. The van der Waals surface area contributed by atoms with Crippen molar-refractivity contribution in [3.05, 3.63) is 95.6 Å². The molecule has 2 amide bonds. The van der Waals surface area contributed by atoms with Gasteiger partial charge in [0.15, 0.2) is 0 Å². The van der Waals surface area contributed by atoms with Crippen molar-refractivity contribution in [2.45, 2.75) is 20.0 Å². The molecule has 7 nitrogen and oxygen atoms in total. The Hall–Kier alpha value is -4.13. The van der Waals surface area contributed by atoms with Gasteiger partial charge in [-0.3, -0.25) is 9.59 Å². The quantitative estimate of drug-likeness (QED) is 0.337. The molecule has 3 aromatic carbocycles. The van der Waals surface area contributed by atoms with Gasteiger partial charge < -0.3 is 20.1 Å². The number of nitrogens with zero attached hydrogens (tertiary/aromatic N) is 1. The van der Waals surface area contributed by atoms with E-state index in [2.05, 4.69) is 10.1 Å². The van der Waals surface area contributed by atoms with Crippen LogP contribution in [0.15, 0.2) is 78.9 Å². The number of phenols is 1. The van der Waals surface area contributed by atoms with Gasteiger partial charge in [0.25, 0.3) is 5.91 Å². The van der Waals surface area contributed by atoms with Gasteiger partial charge in [0, 0.05) is 18.7 Å². The van der Waals surface area contributed by atoms with E-state index in [4.69, 9.17) is 0 Å². The lowest BCUT2D eigenvalue weighted by molar-refractivity contribution is -0.152. The molecule has 164 valence electrons. The molecule has 0 fully saturated rings. The lowest BCUT2D eigenvalue weighted by Crippen LogP contribution is -2.30. The summed E-state index contributed by atoms with van der Waals surface area (Å²) in [6, 6.07) is 23.3. The lowest BCUT2D eigenvalue weighted by Gasteiger charge is -2.23. The second-order valence-corrected chi connectivity index (χ2v) is 7.04. The standard InChI is InChI=1S/C25H24N2O5/c1-2-32-25(31)23(29)26-21-15-20(13-14-22(21)28)24(30)27(16-18-9-5-3-6-10-18)17-19-11-7-4-8-12-19/h3-15,28H,2,16-17H2,1H3,(H,26,29). The highest BCUT2D eigenvalue weighted by Crippen LogP contribution is 2.26. The fourth-order valence-electron chi connectivity index (χ4n) is 3.13. The molecule has 0 unspecified atom stereocenters. The van der Waals surface area contributed by atoms with E-state index in [1.807, 2.05) is 60.7 Å². The Bertz CT molecular complexity index is 1040. The maximum Gasteiger partial charge on any atom is 0.397 e. The summed E-state index contributed by atoms with van der Waals surface area (Å²) in [5, 5.41) is 12.4. The van der Waals surface area contributed by atoms with Gasteiger partial charge in [-0.25, -0.2) is 4.79 Å². The first kappa shape index (κ1) is 22.6. The number of aromatic hydroxyl groups is 1. The first-order chi connectivity index (χ1) is 15.5. The molecule has 0 bridgehead atoms. The third-order valence-electron chi connectivity index (χ3n) is 4.67. The molecule has 0 saturated heterocycles. The first-order valence-electron chi connectivity index (χ1n) is 10.2. The maximum atomic E-state index is 13.4. The van der Waals surface area contributed by atoms with E-state index in [9.17, 15) is 19.5 Å². The maximum absolute atomic E-state index is 13.4. The number of carbonyl (C=O) groups excluding carboxylic acids is 3. The summed E-state index contributed by atoms with van der Waals surface area (Å²) in [5.74, 6) is -2.66. The van der Waals surface area contributed by atoms with Crippen molar-refractivity contribution in [2.75, 3.05) is 11.9 Å². The summed E-state index contributed by atoms with van der Waals surface area (Å²) in [6.45, 7) is 2.38. The lowest BCUT2D eigenvalue weighted by atomic mass is 10.1. The largest absolute Gasteiger partial charge is 0.506 e.